The first-order chi connectivity index (χ1) is 15.5. The number of aryl methyl sites for hydroxylation is 1. The van der Waals surface area contributed by atoms with Gasteiger partial charge in [0.05, 0.1) is 22.9 Å². The molecule has 0 saturated carbocycles. The number of hydrogen-bond donors (Lipinski definition) is 1. The van der Waals surface area contributed by atoms with Crippen LogP contribution < -0.4 is 10.1 Å². The maximum atomic E-state index is 12.9. The smallest absolute Gasteiger partial charge is 0.243 e. The standard InChI is InChI=1S/C23H30N2O6S2/c1-17(18-6-9-20(10-7-18)32(3,27)28)24-23(26)13-8-19-16-21(11-12-22(19)31-2)33(29,30)25-14-4-5-15-25/h6-7,9-12,16-17H,4-5,8,13-15H2,1-3H3,(H,24,26)/t17-/m1/s1. The van der Waals surface area contributed by atoms with Crippen molar-refractivity contribution in [2.45, 2.75) is 48.4 Å². The Kier molecular flexibility index (Phi) is 7.81. The molecule has 0 spiro atoms. The number of sulfonamides is 1. The molecule has 1 aliphatic rings. The average Bonchev–Trinajstić information content (AvgIpc) is 3.33. The monoisotopic (exact) mass is 494 g/mol. The van der Waals surface area contributed by atoms with Gasteiger partial charge in [0.25, 0.3) is 0 Å². The highest BCUT2D eigenvalue weighted by Crippen LogP contribution is 2.27. The molecule has 2 aromatic rings. The molecule has 1 amide bonds. The first-order valence-corrected chi connectivity index (χ1v) is 14.1. The molecule has 0 bridgehead atoms. The van der Waals surface area contributed by atoms with Gasteiger partial charge in [-0.15, -0.1) is 0 Å². The maximum absolute atomic E-state index is 12.9. The van der Waals surface area contributed by atoms with Gasteiger partial charge in [-0.25, -0.2) is 16.8 Å². The molecule has 1 N–H and O–H groups in total. The summed E-state index contributed by atoms with van der Waals surface area (Å²) in [6.45, 7) is 2.86. The third-order valence-electron chi connectivity index (χ3n) is 5.76. The molecule has 0 aromatic heterocycles. The van der Waals surface area contributed by atoms with E-state index in [1.54, 1.807) is 24.3 Å². The number of amides is 1. The van der Waals surface area contributed by atoms with Crippen molar-refractivity contribution in [2.24, 2.45) is 0 Å². The Morgan fingerprint density at radius 3 is 2.21 bits per heavy atom. The highest BCUT2D eigenvalue weighted by Gasteiger charge is 2.28. The Morgan fingerprint density at radius 2 is 1.64 bits per heavy atom. The van der Waals surface area contributed by atoms with E-state index in [1.807, 2.05) is 6.92 Å². The summed E-state index contributed by atoms with van der Waals surface area (Å²) in [6, 6.07) is 10.8. The predicted octanol–water partition coefficient (Wildman–Crippen LogP) is 2.69. The van der Waals surface area contributed by atoms with Gasteiger partial charge < -0.3 is 10.1 Å². The van der Waals surface area contributed by atoms with Crippen LogP contribution in [0.15, 0.2) is 52.3 Å². The minimum absolute atomic E-state index is 0.148. The van der Waals surface area contributed by atoms with Crippen LogP contribution in [0.4, 0.5) is 0 Å². The lowest BCUT2D eigenvalue weighted by Gasteiger charge is -2.18. The van der Waals surface area contributed by atoms with Crippen LogP contribution in [0.3, 0.4) is 0 Å². The van der Waals surface area contributed by atoms with Crippen LogP contribution >= 0.6 is 0 Å². The third kappa shape index (κ3) is 6.13. The molecule has 180 valence electrons. The molecule has 3 rings (SSSR count). The van der Waals surface area contributed by atoms with Crippen molar-refractivity contribution < 1.29 is 26.4 Å². The molecule has 1 saturated heterocycles. The third-order valence-corrected chi connectivity index (χ3v) is 8.78. The Labute approximate surface area is 195 Å². The zero-order valence-electron chi connectivity index (χ0n) is 19.1. The van der Waals surface area contributed by atoms with Gasteiger partial charge in [0.1, 0.15) is 5.75 Å². The van der Waals surface area contributed by atoms with E-state index in [1.165, 1.54) is 29.6 Å². The number of ether oxygens (including phenoxy) is 1. The van der Waals surface area contributed by atoms with Crippen LogP contribution in [-0.4, -0.2) is 53.5 Å². The molecule has 2 aromatic carbocycles. The number of carbonyl (C=O) groups excluding carboxylic acids is 1. The van der Waals surface area contributed by atoms with Gasteiger partial charge in [-0.1, -0.05) is 12.1 Å². The normalized spacial score (nSPS) is 15.8. The van der Waals surface area contributed by atoms with Crippen LogP contribution in [0.1, 0.15) is 43.4 Å². The van der Waals surface area contributed by atoms with Crippen molar-refractivity contribution in [1.29, 1.82) is 0 Å². The quantitative estimate of drug-likeness (QED) is 0.574. The molecule has 0 unspecified atom stereocenters. The number of nitrogens with zero attached hydrogens (tertiary/aromatic N) is 1. The van der Waals surface area contributed by atoms with Gasteiger partial charge in [-0.05, 0) is 67.6 Å². The zero-order valence-corrected chi connectivity index (χ0v) is 20.7. The van der Waals surface area contributed by atoms with E-state index in [9.17, 15) is 21.6 Å². The Hall–Kier alpha value is -2.43. The second kappa shape index (κ2) is 10.2. The summed E-state index contributed by atoms with van der Waals surface area (Å²) >= 11 is 0. The highest BCUT2D eigenvalue weighted by atomic mass is 32.2. The van der Waals surface area contributed by atoms with E-state index >= 15 is 0 Å². The SMILES string of the molecule is COc1ccc(S(=O)(=O)N2CCCC2)cc1CCC(=O)N[C@H](C)c1ccc(S(C)(=O)=O)cc1. The molecular formula is C23H30N2O6S2. The van der Waals surface area contributed by atoms with Crippen LogP contribution in [0.25, 0.3) is 0 Å². The van der Waals surface area contributed by atoms with E-state index < -0.39 is 19.9 Å². The summed E-state index contributed by atoms with van der Waals surface area (Å²) in [5.41, 5.74) is 1.44. The van der Waals surface area contributed by atoms with E-state index in [0.717, 1.165) is 24.7 Å². The lowest BCUT2D eigenvalue weighted by molar-refractivity contribution is -0.121. The first-order valence-electron chi connectivity index (χ1n) is 10.8. The molecule has 1 aliphatic heterocycles. The number of methoxy groups -OCH3 is 1. The van der Waals surface area contributed by atoms with E-state index in [-0.39, 0.29) is 28.2 Å². The zero-order chi connectivity index (χ0) is 24.2. The predicted molar refractivity (Wildman–Crippen MR) is 125 cm³/mol. The molecule has 10 heteroatoms. The van der Waals surface area contributed by atoms with Crippen molar-refractivity contribution in [3.63, 3.8) is 0 Å². The molecular weight excluding hydrogens is 464 g/mol. The van der Waals surface area contributed by atoms with Gasteiger partial charge in [-0.2, -0.15) is 4.31 Å². The van der Waals surface area contributed by atoms with Gasteiger partial charge >= 0.3 is 0 Å². The van der Waals surface area contributed by atoms with Crippen LogP contribution in [0.5, 0.6) is 5.75 Å². The molecule has 33 heavy (non-hydrogen) atoms. The summed E-state index contributed by atoms with van der Waals surface area (Å²) in [4.78, 5) is 13.0. The number of sulfone groups is 1. The summed E-state index contributed by atoms with van der Waals surface area (Å²) in [5.74, 6) is 0.331. The highest BCUT2D eigenvalue weighted by molar-refractivity contribution is 7.90. The summed E-state index contributed by atoms with van der Waals surface area (Å²) in [7, 11) is -5.33. The van der Waals surface area contributed by atoms with Crippen molar-refractivity contribution in [3.05, 3.63) is 53.6 Å². The molecule has 1 heterocycles. The van der Waals surface area contributed by atoms with Crippen LogP contribution in [0.2, 0.25) is 0 Å². The second-order valence-corrected chi connectivity index (χ2v) is 12.2. The number of rotatable bonds is 9. The van der Waals surface area contributed by atoms with E-state index in [2.05, 4.69) is 5.32 Å². The van der Waals surface area contributed by atoms with Gasteiger partial charge in [0.2, 0.25) is 15.9 Å². The topological polar surface area (TPSA) is 110 Å². The molecule has 0 aliphatic carbocycles. The lowest BCUT2D eigenvalue weighted by atomic mass is 10.1. The Balaban J connectivity index is 1.66. The van der Waals surface area contributed by atoms with E-state index in [4.69, 9.17) is 4.74 Å². The van der Waals surface area contributed by atoms with E-state index in [0.29, 0.717) is 30.8 Å². The minimum atomic E-state index is -3.56. The summed E-state index contributed by atoms with van der Waals surface area (Å²) < 4.78 is 55.8. The fourth-order valence-corrected chi connectivity index (χ4v) is 6.04. The Morgan fingerprint density at radius 1 is 1.03 bits per heavy atom. The summed E-state index contributed by atoms with van der Waals surface area (Å²) in [5, 5.41) is 2.90. The average molecular weight is 495 g/mol. The van der Waals surface area contributed by atoms with Gasteiger partial charge in [0.15, 0.2) is 9.84 Å². The van der Waals surface area contributed by atoms with Crippen molar-refractivity contribution in [1.82, 2.24) is 9.62 Å². The fourth-order valence-electron chi connectivity index (χ4n) is 3.84. The van der Waals surface area contributed by atoms with Crippen molar-refractivity contribution in [3.8, 4) is 5.75 Å². The fraction of sp³-hybridized carbons (Fsp3) is 0.435. The van der Waals surface area contributed by atoms with Crippen molar-refractivity contribution in [2.75, 3.05) is 26.5 Å². The molecule has 1 fully saturated rings. The maximum Gasteiger partial charge on any atom is 0.243 e. The van der Waals surface area contributed by atoms with Crippen molar-refractivity contribution >= 4 is 25.8 Å². The van der Waals surface area contributed by atoms with Crippen LogP contribution in [0, 0.1) is 0 Å². The molecule has 1 atom stereocenters. The van der Waals surface area contributed by atoms with Gasteiger partial charge in [-0.3, -0.25) is 4.79 Å². The number of hydrogen-bond acceptors (Lipinski definition) is 6. The minimum Gasteiger partial charge on any atom is -0.496 e. The van der Waals surface area contributed by atoms with Crippen LogP contribution in [-0.2, 0) is 31.1 Å². The molecule has 0 radical (unpaired) electrons. The summed E-state index contributed by atoms with van der Waals surface area (Å²) in [6.07, 6.45) is 3.33. The first kappa shape index (κ1) is 25.2. The Bertz CT molecular complexity index is 1200. The lowest BCUT2D eigenvalue weighted by Crippen LogP contribution is -2.28. The number of benzene rings is 2. The number of nitrogens with one attached hydrogen (secondary N) is 1. The second-order valence-electron chi connectivity index (χ2n) is 8.22. The number of carbonyl (C=O) groups is 1. The molecule has 8 nitrogen and oxygen atoms in total. The van der Waals surface area contributed by atoms with Gasteiger partial charge in [0, 0.05) is 25.8 Å². The largest absolute Gasteiger partial charge is 0.496 e.